The van der Waals surface area contributed by atoms with Gasteiger partial charge in [0.2, 0.25) is 11.8 Å². The molecule has 6 rings (SSSR count). The van der Waals surface area contributed by atoms with Crippen LogP contribution in [0.2, 0.25) is 0 Å². The SMILES string of the molecule is COC(=O)c1ccc(CN(C(=O)C2CCN(C(=O)OC(C)(C)C)CC2)c2ccccc2)nc1.COC(=O)c1ccc(CN(C(=O)C2CCNCC2)c2ccccc2)nc1.Cl. The third-order valence-corrected chi connectivity index (χ3v) is 9.98. The lowest BCUT2D eigenvalue weighted by atomic mass is 9.95. The molecule has 2 aliphatic rings. The van der Waals surface area contributed by atoms with E-state index in [2.05, 4.69) is 15.3 Å². The van der Waals surface area contributed by atoms with Crippen LogP contribution in [0, 0.1) is 11.8 Å². The van der Waals surface area contributed by atoms with Gasteiger partial charge in [-0.15, -0.1) is 12.4 Å². The molecule has 0 aliphatic carbocycles. The number of amides is 3. The van der Waals surface area contributed by atoms with Crippen molar-refractivity contribution in [1.82, 2.24) is 20.2 Å². The van der Waals surface area contributed by atoms with Gasteiger partial charge in [0.05, 0.1) is 49.8 Å². The van der Waals surface area contributed by atoms with Crippen molar-refractivity contribution in [2.24, 2.45) is 11.8 Å². The molecule has 0 bridgehead atoms. The Kier molecular flexibility index (Phi) is 17.6. The van der Waals surface area contributed by atoms with Gasteiger partial charge in [0, 0.05) is 48.7 Å². The molecule has 14 nitrogen and oxygen atoms in total. The number of hydrogen-bond acceptors (Lipinski definition) is 11. The molecule has 0 unspecified atom stereocenters. The number of esters is 2. The minimum Gasteiger partial charge on any atom is -0.465 e. The van der Waals surface area contributed by atoms with Crippen molar-refractivity contribution in [1.29, 1.82) is 0 Å². The van der Waals surface area contributed by atoms with Crippen molar-refractivity contribution < 1.29 is 38.2 Å². The van der Waals surface area contributed by atoms with Gasteiger partial charge in [-0.25, -0.2) is 14.4 Å². The number of nitrogens with zero attached hydrogens (tertiary/aromatic N) is 5. The first kappa shape index (κ1) is 46.8. The van der Waals surface area contributed by atoms with Gasteiger partial charge < -0.3 is 34.2 Å². The topological polar surface area (TPSA) is 161 Å². The van der Waals surface area contributed by atoms with Crippen LogP contribution >= 0.6 is 12.4 Å². The Morgan fingerprint density at radius 3 is 1.43 bits per heavy atom. The van der Waals surface area contributed by atoms with E-state index in [1.165, 1.54) is 26.6 Å². The van der Waals surface area contributed by atoms with E-state index in [9.17, 15) is 24.0 Å². The largest absolute Gasteiger partial charge is 0.465 e. The second-order valence-corrected chi connectivity index (χ2v) is 15.3. The molecule has 2 aromatic heterocycles. The molecule has 60 heavy (non-hydrogen) atoms. The van der Waals surface area contributed by atoms with Gasteiger partial charge in [-0.1, -0.05) is 36.4 Å². The maximum Gasteiger partial charge on any atom is 0.410 e. The number of benzene rings is 2. The van der Waals surface area contributed by atoms with Crippen molar-refractivity contribution in [2.45, 2.75) is 65.1 Å². The van der Waals surface area contributed by atoms with Crippen LogP contribution in [0.4, 0.5) is 16.2 Å². The summed E-state index contributed by atoms with van der Waals surface area (Å²) in [6, 6.07) is 25.9. The summed E-state index contributed by atoms with van der Waals surface area (Å²) in [6.45, 7) is 8.83. The fourth-order valence-corrected chi connectivity index (χ4v) is 6.79. The summed E-state index contributed by atoms with van der Waals surface area (Å²) in [5, 5.41) is 3.29. The van der Waals surface area contributed by atoms with Crippen molar-refractivity contribution >= 4 is 53.6 Å². The van der Waals surface area contributed by atoms with Gasteiger partial charge in [-0.3, -0.25) is 19.6 Å². The number of ether oxygens (including phenoxy) is 3. The molecule has 320 valence electrons. The summed E-state index contributed by atoms with van der Waals surface area (Å²) in [6.07, 6.45) is 5.41. The van der Waals surface area contributed by atoms with Crippen LogP contribution in [0.3, 0.4) is 0 Å². The van der Waals surface area contributed by atoms with Crippen LogP contribution < -0.4 is 15.1 Å². The molecule has 3 amide bonds. The predicted molar refractivity (Wildman–Crippen MR) is 230 cm³/mol. The molecule has 2 saturated heterocycles. The highest BCUT2D eigenvalue weighted by Gasteiger charge is 2.33. The van der Waals surface area contributed by atoms with Gasteiger partial charge in [0.25, 0.3) is 0 Å². The molecule has 0 spiro atoms. The molecule has 2 fully saturated rings. The number of rotatable bonds is 10. The van der Waals surface area contributed by atoms with Crippen molar-refractivity contribution in [3.05, 3.63) is 120 Å². The number of carbonyl (C=O) groups excluding carboxylic acids is 5. The molecule has 0 saturated carbocycles. The number of pyridine rings is 2. The van der Waals surface area contributed by atoms with E-state index in [1.807, 2.05) is 81.4 Å². The number of carbonyl (C=O) groups is 5. The second-order valence-electron chi connectivity index (χ2n) is 15.3. The highest BCUT2D eigenvalue weighted by molar-refractivity contribution is 5.96. The monoisotopic (exact) mass is 842 g/mol. The van der Waals surface area contributed by atoms with E-state index in [0.29, 0.717) is 49.3 Å². The summed E-state index contributed by atoms with van der Waals surface area (Å²) < 4.78 is 14.9. The number of nitrogens with one attached hydrogen (secondary N) is 1. The number of likely N-dealkylation sites (tertiary alicyclic amines) is 1. The van der Waals surface area contributed by atoms with Crippen LogP contribution in [-0.2, 0) is 36.9 Å². The van der Waals surface area contributed by atoms with E-state index in [-0.39, 0.29) is 48.7 Å². The molecule has 2 aromatic carbocycles. The average molecular weight is 843 g/mol. The van der Waals surface area contributed by atoms with Gasteiger partial charge >= 0.3 is 18.0 Å². The number of methoxy groups -OCH3 is 2. The minimum absolute atomic E-state index is 0. The van der Waals surface area contributed by atoms with E-state index in [0.717, 1.165) is 43.0 Å². The van der Waals surface area contributed by atoms with Crippen LogP contribution in [0.15, 0.2) is 97.3 Å². The van der Waals surface area contributed by atoms with Gasteiger partial charge in [-0.2, -0.15) is 0 Å². The fourth-order valence-electron chi connectivity index (χ4n) is 6.79. The maximum atomic E-state index is 13.5. The first-order valence-corrected chi connectivity index (χ1v) is 19.8. The smallest absolute Gasteiger partial charge is 0.410 e. The van der Waals surface area contributed by atoms with Crippen molar-refractivity contribution in [3.63, 3.8) is 0 Å². The Bertz CT molecular complexity index is 2000. The van der Waals surface area contributed by atoms with Gasteiger partial charge in [0.1, 0.15) is 5.60 Å². The standard InChI is InChI=1S/C25H31N3O5.C20H23N3O3.ClH/c1-25(2,3)33-24(31)27-14-12-18(13-15-27)22(29)28(21-8-6-5-7-9-21)17-20-11-10-19(16-26-20)23(30)32-4;1-26-20(25)16-7-8-17(22-13-16)14-23(18-5-3-2-4-6-18)19(24)15-9-11-21-12-10-15;/h5-11,16,18H,12-15,17H2,1-4H3;2-8,13,15,21H,9-12,14H2,1H3;1H. The quantitative estimate of drug-likeness (QED) is 0.131. The van der Waals surface area contributed by atoms with Crippen LogP contribution in [0.25, 0.3) is 0 Å². The zero-order valence-corrected chi connectivity index (χ0v) is 35.7. The second kappa shape index (κ2) is 22.5. The van der Waals surface area contributed by atoms with Gasteiger partial charge in [0.15, 0.2) is 0 Å². The molecule has 2 aliphatic heterocycles. The molecular weight excluding hydrogens is 788 g/mol. The molecule has 0 atom stereocenters. The number of halogens is 1. The molecule has 0 radical (unpaired) electrons. The summed E-state index contributed by atoms with van der Waals surface area (Å²) in [4.78, 5) is 76.1. The Morgan fingerprint density at radius 1 is 0.650 bits per heavy atom. The van der Waals surface area contributed by atoms with E-state index in [1.54, 1.807) is 39.0 Å². The highest BCUT2D eigenvalue weighted by Crippen LogP contribution is 2.27. The number of para-hydroxylation sites is 2. The molecular formula is C45H55ClN6O8. The normalized spacial score (nSPS) is 14.3. The zero-order valence-electron chi connectivity index (χ0n) is 34.9. The van der Waals surface area contributed by atoms with E-state index >= 15 is 0 Å². The lowest BCUT2D eigenvalue weighted by molar-refractivity contribution is -0.124. The van der Waals surface area contributed by atoms with Crippen LogP contribution in [0.1, 0.15) is 78.6 Å². The average Bonchev–Trinajstić information content (AvgIpc) is 3.27. The summed E-state index contributed by atoms with van der Waals surface area (Å²) in [7, 11) is 2.66. The van der Waals surface area contributed by atoms with Crippen LogP contribution in [0.5, 0.6) is 0 Å². The van der Waals surface area contributed by atoms with Gasteiger partial charge in [-0.05, 0) is 108 Å². The molecule has 1 N–H and O–H groups in total. The third-order valence-electron chi connectivity index (χ3n) is 9.98. The predicted octanol–water partition coefficient (Wildman–Crippen LogP) is 6.87. The van der Waals surface area contributed by atoms with Crippen molar-refractivity contribution in [3.8, 4) is 0 Å². The Morgan fingerprint density at radius 2 is 1.07 bits per heavy atom. The van der Waals surface area contributed by atoms with Crippen LogP contribution in [-0.4, -0.2) is 90.7 Å². The third kappa shape index (κ3) is 13.3. The Labute approximate surface area is 358 Å². The Balaban J connectivity index is 0.000000267. The summed E-state index contributed by atoms with van der Waals surface area (Å²) in [5.41, 5.74) is 3.21. The number of anilines is 2. The fraction of sp³-hybridized carbons (Fsp3) is 0.400. The molecule has 4 aromatic rings. The van der Waals surface area contributed by atoms with E-state index < -0.39 is 17.5 Å². The van der Waals surface area contributed by atoms with E-state index in [4.69, 9.17) is 14.2 Å². The minimum atomic E-state index is -0.551. The Hall–Kier alpha value is -5.86. The summed E-state index contributed by atoms with van der Waals surface area (Å²) in [5.74, 6) is -0.957. The number of aromatic nitrogens is 2. The highest BCUT2D eigenvalue weighted by atomic mass is 35.5. The maximum absolute atomic E-state index is 13.5. The molecule has 4 heterocycles. The zero-order chi connectivity index (χ0) is 42.4. The lowest BCUT2D eigenvalue weighted by Gasteiger charge is -2.35. The first-order valence-electron chi connectivity index (χ1n) is 19.8. The number of hydrogen-bond donors (Lipinski definition) is 1. The lowest BCUT2D eigenvalue weighted by Crippen LogP contribution is -2.45. The van der Waals surface area contributed by atoms with Crippen molar-refractivity contribution in [2.75, 3.05) is 50.2 Å². The molecule has 15 heteroatoms. The first-order chi connectivity index (χ1) is 28.4. The number of piperidine rings is 2. The summed E-state index contributed by atoms with van der Waals surface area (Å²) >= 11 is 0.